The minimum absolute atomic E-state index is 0.00101. The second-order valence-corrected chi connectivity index (χ2v) is 7.63. The van der Waals surface area contributed by atoms with E-state index < -0.39 is 10.0 Å². The monoisotopic (exact) mass is 389 g/mol. The Morgan fingerprint density at radius 1 is 1.00 bits per heavy atom. The van der Waals surface area contributed by atoms with Gasteiger partial charge in [0.25, 0.3) is 10.0 Å². The lowest BCUT2D eigenvalue weighted by atomic mass is 10.3. The number of rotatable bonds is 5. The van der Waals surface area contributed by atoms with Crippen molar-refractivity contribution in [3.05, 3.63) is 72.0 Å². The third kappa shape index (κ3) is 3.89. The molecule has 0 unspecified atom stereocenters. The second-order valence-electron chi connectivity index (χ2n) is 5.54. The van der Waals surface area contributed by atoms with Crippen LogP contribution in [-0.2, 0) is 14.8 Å². The van der Waals surface area contributed by atoms with Crippen molar-refractivity contribution >= 4 is 38.9 Å². The van der Waals surface area contributed by atoms with Crippen LogP contribution in [0.2, 0.25) is 5.02 Å². The predicted octanol–water partition coefficient (Wildman–Crippen LogP) is 3.89. The number of anilines is 2. The first-order valence-electron chi connectivity index (χ1n) is 7.69. The van der Waals surface area contributed by atoms with Gasteiger partial charge in [-0.1, -0.05) is 23.7 Å². The van der Waals surface area contributed by atoms with Crippen LogP contribution < -0.4 is 10.0 Å². The number of amides is 1. The van der Waals surface area contributed by atoms with Crippen LogP contribution in [0.4, 0.5) is 11.4 Å². The molecule has 0 saturated carbocycles. The molecule has 1 amide bonds. The molecule has 3 rings (SSSR count). The maximum atomic E-state index is 12.7. The molecular weight excluding hydrogens is 374 g/mol. The van der Waals surface area contributed by atoms with E-state index in [1.165, 1.54) is 25.1 Å². The first kappa shape index (κ1) is 18.0. The molecule has 26 heavy (non-hydrogen) atoms. The van der Waals surface area contributed by atoms with E-state index >= 15 is 0 Å². The zero-order valence-corrected chi connectivity index (χ0v) is 15.4. The summed E-state index contributed by atoms with van der Waals surface area (Å²) in [5.74, 6) is -0.290. The van der Waals surface area contributed by atoms with Crippen LogP contribution in [0.25, 0.3) is 5.69 Å². The molecule has 0 aliphatic rings. The number of aromatic nitrogens is 1. The van der Waals surface area contributed by atoms with Gasteiger partial charge in [-0.15, -0.1) is 0 Å². The Labute approximate surface area is 156 Å². The summed E-state index contributed by atoms with van der Waals surface area (Å²) >= 11 is 6.08. The van der Waals surface area contributed by atoms with Gasteiger partial charge in [0.05, 0.1) is 27.0 Å². The van der Waals surface area contributed by atoms with Gasteiger partial charge in [0.15, 0.2) is 0 Å². The zero-order chi connectivity index (χ0) is 18.7. The number of hydrogen-bond acceptors (Lipinski definition) is 3. The van der Waals surface area contributed by atoms with E-state index in [1.807, 2.05) is 41.2 Å². The van der Waals surface area contributed by atoms with Crippen LogP contribution in [0.15, 0.2) is 71.9 Å². The van der Waals surface area contributed by atoms with Crippen LogP contribution in [-0.4, -0.2) is 18.9 Å². The smallest absolute Gasteiger partial charge is 0.262 e. The molecule has 134 valence electrons. The second kappa shape index (κ2) is 7.23. The molecule has 0 bridgehead atoms. The summed E-state index contributed by atoms with van der Waals surface area (Å²) in [6.07, 6.45) is 3.65. The standard InChI is InChI=1S/C18H16ClN3O3S/c1-13(23)20-16-9-8-14(12-15(16)19)26(24,25)21-17-6-2-3-7-18(17)22-10-4-5-11-22/h2-12,21H,1H3,(H,20,23). The highest BCUT2D eigenvalue weighted by molar-refractivity contribution is 7.92. The van der Waals surface area contributed by atoms with Crippen molar-refractivity contribution in [2.45, 2.75) is 11.8 Å². The van der Waals surface area contributed by atoms with E-state index in [0.29, 0.717) is 17.1 Å². The number of hydrogen-bond donors (Lipinski definition) is 2. The lowest BCUT2D eigenvalue weighted by Crippen LogP contribution is -2.15. The van der Waals surface area contributed by atoms with Crippen molar-refractivity contribution in [1.82, 2.24) is 4.57 Å². The molecule has 2 N–H and O–H groups in total. The highest BCUT2D eigenvalue weighted by Crippen LogP contribution is 2.28. The Kier molecular flexibility index (Phi) is 5.01. The Bertz CT molecular complexity index is 1050. The first-order valence-corrected chi connectivity index (χ1v) is 9.55. The van der Waals surface area contributed by atoms with Gasteiger partial charge < -0.3 is 9.88 Å². The topological polar surface area (TPSA) is 80.2 Å². The van der Waals surface area contributed by atoms with Gasteiger partial charge in [0.1, 0.15) is 0 Å². The average Bonchev–Trinajstić information content (AvgIpc) is 3.11. The molecule has 0 aliphatic carbocycles. The molecule has 2 aromatic carbocycles. The molecule has 8 heteroatoms. The zero-order valence-electron chi connectivity index (χ0n) is 13.8. The summed E-state index contributed by atoms with van der Waals surface area (Å²) in [6.45, 7) is 1.35. The lowest BCUT2D eigenvalue weighted by molar-refractivity contribution is -0.114. The average molecular weight is 390 g/mol. The van der Waals surface area contributed by atoms with Crippen LogP contribution >= 0.6 is 11.6 Å². The summed E-state index contributed by atoms with van der Waals surface area (Å²) in [7, 11) is -3.86. The van der Waals surface area contributed by atoms with Crippen molar-refractivity contribution in [2.24, 2.45) is 0 Å². The molecule has 0 fully saturated rings. The van der Waals surface area contributed by atoms with Crippen LogP contribution in [0, 0.1) is 0 Å². The van der Waals surface area contributed by atoms with Crippen molar-refractivity contribution in [3.63, 3.8) is 0 Å². The minimum atomic E-state index is -3.86. The summed E-state index contributed by atoms with van der Waals surface area (Å²) in [5.41, 5.74) is 1.48. The maximum absolute atomic E-state index is 12.7. The third-order valence-corrected chi connectivity index (χ3v) is 5.27. The van der Waals surface area contributed by atoms with E-state index in [2.05, 4.69) is 10.0 Å². The molecule has 0 spiro atoms. The van der Waals surface area contributed by atoms with Gasteiger partial charge in [-0.2, -0.15) is 0 Å². The van der Waals surface area contributed by atoms with Gasteiger partial charge in [-0.05, 0) is 42.5 Å². The third-order valence-electron chi connectivity index (χ3n) is 3.59. The van der Waals surface area contributed by atoms with E-state index in [1.54, 1.807) is 12.1 Å². The molecule has 3 aromatic rings. The van der Waals surface area contributed by atoms with Crippen LogP contribution in [0.1, 0.15) is 6.92 Å². The van der Waals surface area contributed by atoms with E-state index in [4.69, 9.17) is 11.6 Å². The Balaban J connectivity index is 1.93. The largest absolute Gasteiger partial charge is 0.325 e. The number of halogens is 1. The van der Waals surface area contributed by atoms with Gasteiger partial charge in [0, 0.05) is 19.3 Å². The van der Waals surface area contributed by atoms with E-state index in [-0.39, 0.29) is 15.8 Å². The lowest BCUT2D eigenvalue weighted by Gasteiger charge is -2.14. The van der Waals surface area contributed by atoms with Gasteiger partial charge in [-0.25, -0.2) is 8.42 Å². The number of carbonyl (C=O) groups excluding carboxylic acids is 1. The van der Waals surface area contributed by atoms with E-state index in [9.17, 15) is 13.2 Å². The predicted molar refractivity (Wildman–Crippen MR) is 102 cm³/mol. The van der Waals surface area contributed by atoms with Crippen LogP contribution in [0.3, 0.4) is 0 Å². The quantitative estimate of drug-likeness (QED) is 0.694. The fourth-order valence-corrected chi connectivity index (χ4v) is 3.83. The summed E-state index contributed by atoms with van der Waals surface area (Å²) in [6, 6.07) is 14.9. The number of benzene rings is 2. The van der Waals surface area contributed by atoms with Crippen molar-refractivity contribution in [1.29, 1.82) is 0 Å². The van der Waals surface area contributed by atoms with Crippen molar-refractivity contribution in [3.8, 4) is 5.69 Å². The van der Waals surface area contributed by atoms with Crippen molar-refractivity contribution in [2.75, 3.05) is 10.0 Å². The molecular formula is C18H16ClN3O3S. The Morgan fingerprint density at radius 3 is 2.35 bits per heavy atom. The summed E-state index contributed by atoms with van der Waals surface area (Å²) in [5, 5.41) is 2.68. The first-order chi connectivity index (χ1) is 12.4. The fraction of sp³-hybridized carbons (Fsp3) is 0.0556. The Hall–Kier alpha value is -2.77. The molecule has 1 heterocycles. The molecule has 0 radical (unpaired) electrons. The molecule has 0 saturated heterocycles. The van der Waals surface area contributed by atoms with Gasteiger partial charge in [0.2, 0.25) is 5.91 Å². The number of para-hydroxylation sites is 2. The normalized spacial score (nSPS) is 11.2. The van der Waals surface area contributed by atoms with Gasteiger partial charge in [-0.3, -0.25) is 9.52 Å². The number of sulfonamides is 1. The number of carbonyl (C=O) groups is 1. The maximum Gasteiger partial charge on any atom is 0.262 e. The number of nitrogens with zero attached hydrogens (tertiary/aromatic N) is 1. The van der Waals surface area contributed by atoms with E-state index in [0.717, 1.165) is 0 Å². The minimum Gasteiger partial charge on any atom is -0.325 e. The number of nitrogens with one attached hydrogen (secondary N) is 2. The summed E-state index contributed by atoms with van der Waals surface area (Å²) < 4.78 is 29.9. The molecule has 0 atom stereocenters. The fourth-order valence-electron chi connectivity index (χ4n) is 2.44. The van der Waals surface area contributed by atoms with Crippen molar-refractivity contribution < 1.29 is 13.2 Å². The summed E-state index contributed by atoms with van der Waals surface area (Å²) in [4.78, 5) is 11.1. The van der Waals surface area contributed by atoms with Crippen LogP contribution in [0.5, 0.6) is 0 Å². The highest BCUT2D eigenvalue weighted by Gasteiger charge is 2.18. The molecule has 0 aliphatic heterocycles. The molecule has 1 aromatic heterocycles. The molecule has 6 nitrogen and oxygen atoms in total. The highest BCUT2D eigenvalue weighted by atomic mass is 35.5. The Morgan fingerprint density at radius 2 is 1.69 bits per heavy atom. The SMILES string of the molecule is CC(=O)Nc1ccc(S(=O)(=O)Nc2ccccc2-n2cccc2)cc1Cl. The van der Waals surface area contributed by atoms with Gasteiger partial charge >= 0.3 is 0 Å².